The third-order valence-electron chi connectivity index (χ3n) is 4.60. The van der Waals surface area contributed by atoms with E-state index in [9.17, 15) is 0 Å². The van der Waals surface area contributed by atoms with Crippen molar-refractivity contribution >= 4 is 5.96 Å². The Bertz CT molecular complexity index is 804. The average Bonchev–Trinajstić information content (AvgIpc) is 2.67. The number of methoxy groups -OCH3 is 2. The SMILES string of the molecule is CN=C(NCc1cccc(C)n1)N1CCc2cc(OC)c(OC)cc2C1. The first-order valence-corrected chi connectivity index (χ1v) is 8.76. The van der Waals surface area contributed by atoms with Gasteiger partial charge in [-0.15, -0.1) is 0 Å². The topological polar surface area (TPSA) is 59.0 Å². The van der Waals surface area contributed by atoms with Crippen LogP contribution in [0.15, 0.2) is 35.3 Å². The van der Waals surface area contributed by atoms with Crippen molar-refractivity contribution in [1.82, 2.24) is 15.2 Å². The van der Waals surface area contributed by atoms with Crippen LogP contribution in [-0.4, -0.2) is 43.7 Å². The van der Waals surface area contributed by atoms with Crippen LogP contribution in [0.1, 0.15) is 22.5 Å². The zero-order valence-electron chi connectivity index (χ0n) is 15.9. The zero-order valence-corrected chi connectivity index (χ0v) is 15.9. The Hall–Kier alpha value is -2.76. The van der Waals surface area contributed by atoms with Crippen LogP contribution in [0.5, 0.6) is 11.5 Å². The maximum absolute atomic E-state index is 5.44. The lowest BCUT2D eigenvalue weighted by atomic mass is 9.99. The molecule has 2 aromatic rings. The number of aliphatic imine (C=N–C) groups is 1. The molecule has 6 heteroatoms. The summed E-state index contributed by atoms with van der Waals surface area (Å²) >= 11 is 0. The van der Waals surface area contributed by atoms with Gasteiger partial charge in [0.05, 0.1) is 26.5 Å². The standard InChI is InChI=1S/C20H26N4O2/c1-14-6-5-7-17(23-14)12-22-20(21-2)24-9-8-15-10-18(25-3)19(26-4)11-16(15)13-24/h5-7,10-11H,8-9,12-13H2,1-4H3,(H,21,22). The van der Waals surface area contributed by atoms with Crippen molar-refractivity contribution < 1.29 is 9.47 Å². The highest BCUT2D eigenvalue weighted by Crippen LogP contribution is 2.33. The molecule has 1 aromatic heterocycles. The zero-order chi connectivity index (χ0) is 18.5. The van der Waals surface area contributed by atoms with Crippen LogP contribution < -0.4 is 14.8 Å². The van der Waals surface area contributed by atoms with E-state index in [0.717, 1.165) is 48.4 Å². The fourth-order valence-corrected chi connectivity index (χ4v) is 3.26. The second kappa shape index (κ2) is 8.08. The van der Waals surface area contributed by atoms with Gasteiger partial charge in [-0.3, -0.25) is 9.98 Å². The van der Waals surface area contributed by atoms with Crippen molar-refractivity contribution in [2.75, 3.05) is 27.8 Å². The Labute approximate surface area is 154 Å². The molecule has 0 spiro atoms. The highest BCUT2D eigenvalue weighted by molar-refractivity contribution is 5.80. The molecule has 0 unspecified atom stereocenters. The number of hydrogen-bond donors (Lipinski definition) is 1. The molecular weight excluding hydrogens is 328 g/mol. The van der Waals surface area contributed by atoms with E-state index in [2.05, 4.69) is 32.3 Å². The monoisotopic (exact) mass is 354 g/mol. The first-order chi connectivity index (χ1) is 12.6. The average molecular weight is 354 g/mol. The summed E-state index contributed by atoms with van der Waals surface area (Å²) in [5.41, 5.74) is 4.57. The molecule has 6 nitrogen and oxygen atoms in total. The molecule has 0 bridgehead atoms. The van der Waals surface area contributed by atoms with Gasteiger partial charge in [0.1, 0.15) is 0 Å². The van der Waals surface area contributed by atoms with E-state index < -0.39 is 0 Å². The van der Waals surface area contributed by atoms with E-state index in [1.807, 2.05) is 32.2 Å². The first kappa shape index (κ1) is 18.0. The molecule has 0 aliphatic carbocycles. The molecule has 0 atom stereocenters. The minimum absolute atomic E-state index is 0.656. The number of hydrogen-bond acceptors (Lipinski definition) is 4. The fourth-order valence-electron chi connectivity index (χ4n) is 3.26. The third-order valence-corrected chi connectivity index (χ3v) is 4.60. The number of pyridine rings is 1. The number of nitrogens with zero attached hydrogens (tertiary/aromatic N) is 3. The number of benzene rings is 1. The van der Waals surface area contributed by atoms with Gasteiger partial charge in [0.25, 0.3) is 0 Å². The Morgan fingerprint density at radius 3 is 2.58 bits per heavy atom. The lowest BCUT2D eigenvalue weighted by molar-refractivity contribution is 0.346. The molecule has 0 fully saturated rings. The Balaban J connectivity index is 1.72. The lowest BCUT2D eigenvalue weighted by Crippen LogP contribution is -2.43. The van der Waals surface area contributed by atoms with Gasteiger partial charge in [-0.1, -0.05) is 6.07 Å². The summed E-state index contributed by atoms with van der Waals surface area (Å²) in [6, 6.07) is 10.2. The van der Waals surface area contributed by atoms with Crippen LogP contribution in [0, 0.1) is 6.92 Å². The molecule has 138 valence electrons. The van der Waals surface area contributed by atoms with Crippen molar-refractivity contribution in [1.29, 1.82) is 0 Å². The van der Waals surface area contributed by atoms with Crippen LogP contribution in [0.4, 0.5) is 0 Å². The molecule has 0 radical (unpaired) electrons. The molecular formula is C20H26N4O2. The van der Waals surface area contributed by atoms with Gasteiger partial charge in [0.15, 0.2) is 17.5 Å². The van der Waals surface area contributed by atoms with Crippen LogP contribution >= 0.6 is 0 Å². The van der Waals surface area contributed by atoms with E-state index >= 15 is 0 Å². The molecule has 1 aliphatic heterocycles. The molecule has 2 heterocycles. The molecule has 1 N–H and O–H groups in total. The number of fused-ring (bicyclic) bond motifs is 1. The molecule has 1 aliphatic rings. The Kier molecular flexibility index (Phi) is 5.61. The Morgan fingerprint density at radius 2 is 1.92 bits per heavy atom. The van der Waals surface area contributed by atoms with E-state index in [1.54, 1.807) is 14.2 Å². The van der Waals surface area contributed by atoms with Gasteiger partial charge in [-0.25, -0.2) is 0 Å². The van der Waals surface area contributed by atoms with Crippen molar-refractivity contribution in [3.8, 4) is 11.5 Å². The van der Waals surface area contributed by atoms with Gasteiger partial charge < -0.3 is 19.7 Å². The summed E-state index contributed by atoms with van der Waals surface area (Å²) in [6.45, 7) is 4.35. The molecule has 0 saturated heterocycles. The summed E-state index contributed by atoms with van der Waals surface area (Å²) in [7, 11) is 5.15. The minimum Gasteiger partial charge on any atom is -0.493 e. The number of guanidine groups is 1. The van der Waals surface area contributed by atoms with Gasteiger partial charge >= 0.3 is 0 Å². The van der Waals surface area contributed by atoms with Crippen LogP contribution in [-0.2, 0) is 19.5 Å². The molecule has 0 amide bonds. The van der Waals surface area contributed by atoms with Gasteiger partial charge in [0.2, 0.25) is 0 Å². The number of aromatic nitrogens is 1. The first-order valence-electron chi connectivity index (χ1n) is 8.76. The Morgan fingerprint density at radius 1 is 1.19 bits per heavy atom. The molecule has 3 rings (SSSR count). The largest absolute Gasteiger partial charge is 0.493 e. The van der Waals surface area contributed by atoms with Crippen LogP contribution in [0.3, 0.4) is 0 Å². The number of aryl methyl sites for hydroxylation is 1. The maximum Gasteiger partial charge on any atom is 0.194 e. The molecule has 1 aromatic carbocycles. The minimum atomic E-state index is 0.656. The maximum atomic E-state index is 5.44. The second-order valence-corrected chi connectivity index (χ2v) is 6.32. The van der Waals surface area contributed by atoms with Crippen molar-refractivity contribution in [2.45, 2.75) is 26.4 Å². The summed E-state index contributed by atoms with van der Waals surface area (Å²) in [5.74, 6) is 2.43. The molecule has 0 saturated carbocycles. The van der Waals surface area contributed by atoms with Gasteiger partial charge in [-0.2, -0.15) is 0 Å². The van der Waals surface area contributed by atoms with E-state index in [4.69, 9.17) is 9.47 Å². The summed E-state index contributed by atoms with van der Waals surface area (Å²) in [4.78, 5) is 11.2. The van der Waals surface area contributed by atoms with Crippen molar-refractivity contribution in [3.63, 3.8) is 0 Å². The number of nitrogens with one attached hydrogen (secondary N) is 1. The highest BCUT2D eigenvalue weighted by atomic mass is 16.5. The lowest BCUT2D eigenvalue weighted by Gasteiger charge is -2.32. The van der Waals surface area contributed by atoms with Crippen molar-refractivity contribution in [2.24, 2.45) is 4.99 Å². The summed E-state index contributed by atoms with van der Waals surface area (Å²) < 4.78 is 10.9. The summed E-state index contributed by atoms with van der Waals surface area (Å²) in [5, 5.41) is 3.42. The second-order valence-electron chi connectivity index (χ2n) is 6.32. The predicted octanol–water partition coefficient (Wildman–Crippen LogP) is 2.54. The number of ether oxygens (including phenoxy) is 2. The van der Waals surface area contributed by atoms with Crippen molar-refractivity contribution in [3.05, 3.63) is 52.8 Å². The van der Waals surface area contributed by atoms with Crippen LogP contribution in [0.2, 0.25) is 0 Å². The van der Waals surface area contributed by atoms with E-state index in [1.165, 1.54) is 11.1 Å². The smallest absolute Gasteiger partial charge is 0.194 e. The third kappa shape index (κ3) is 3.90. The van der Waals surface area contributed by atoms with Gasteiger partial charge in [0, 0.05) is 25.8 Å². The molecule has 26 heavy (non-hydrogen) atoms. The normalized spacial score (nSPS) is 14.0. The number of rotatable bonds is 4. The van der Waals surface area contributed by atoms with E-state index in [-0.39, 0.29) is 0 Å². The quantitative estimate of drug-likeness (QED) is 0.675. The van der Waals surface area contributed by atoms with Crippen LogP contribution in [0.25, 0.3) is 0 Å². The predicted molar refractivity (Wildman–Crippen MR) is 103 cm³/mol. The van der Waals surface area contributed by atoms with Gasteiger partial charge in [-0.05, 0) is 48.7 Å². The summed E-state index contributed by atoms with van der Waals surface area (Å²) in [6.07, 6.45) is 0.944. The highest BCUT2D eigenvalue weighted by Gasteiger charge is 2.21. The fraction of sp³-hybridized carbons (Fsp3) is 0.400. The van der Waals surface area contributed by atoms with E-state index in [0.29, 0.717) is 6.54 Å².